The summed E-state index contributed by atoms with van der Waals surface area (Å²) >= 11 is 12.5. The molecule has 8 heteroatoms. The minimum Gasteiger partial charge on any atom is -0.455 e. The minimum absolute atomic E-state index is 0.0168. The molecule has 0 spiro atoms. The van der Waals surface area contributed by atoms with E-state index in [0.717, 1.165) is 32.1 Å². The molecule has 0 radical (unpaired) electrons. The number of hydrogen-bond donors (Lipinski definition) is 1. The maximum Gasteiger partial charge on any atom is 0.343 e. The normalized spacial score (nSPS) is 18.0. The van der Waals surface area contributed by atoms with Gasteiger partial charge in [-0.2, -0.15) is 0 Å². The molecule has 1 aliphatic carbocycles. The number of carbonyl (C=O) groups is 2. The van der Waals surface area contributed by atoms with Crippen LogP contribution in [0.25, 0.3) is 11.1 Å². The van der Waals surface area contributed by atoms with Gasteiger partial charge in [-0.3, -0.25) is 9.36 Å². The quantitative estimate of drug-likeness (QED) is 0.393. The number of rotatable bonds is 4. The van der Waals surface area contributed by atoms with Crippen LogP contribution in [0.1, 0.15) is 95.2 Å². The lowest BCUT2D eigenvalue weighted by atomic mass is 9.56. The van der Waals surface area contributed by atoms with Crippen LogP contribution >= 0.6 is 23.2 Å². The number of ether oxygens (including phenoxy) is 1. The third-order valence-corrected chi connectivity index (χ3v) is 8.26. The molecule has 1 saturated carbocycles. The van der Waals surface area contributed by atoms with Crippen molar-refractivity contribution in [2.24, 2.45) is 27.5 Å². The van der Waals surface area contributed by atoms with E-state index in [-0.39, 0.29) is 46.3 Å². The molecule has 1 fully saturated rings. The second-order valence-corrected chi connectivity index (χ2v) is 13.4. The van der Waals surface area contributed by atoms with E-state index in [4.69, 9.17) is 33.7 Å². The number of amidine groups is 1. The van der Waals surface area contributed by atoms with Crippen LogP contribution in [0.15, 0.2) is 29.4 Å². The maximum atomic E-state index is 14.3. The first-order valence-corrected chi connectivity index (χ1v) is 13.7. The molecule has 1 aromatic heterocycles. The summed E-state index contributed by atoms with van der Waals surface area (Å²) in [6, 6.07) is 5.12. The van der Waals surface area contributed by atoms with Crippen LogP contribution in [-0.2, 0) is 4.74 Å². The number of aromatic nitrogens is 1. The lowest BCUT2D eigenvalue weighted by molar-refractivity contribution is -0.136. The van der Waals surface area contributed by atoms with Gasteiger partial charge >= 0.3 is 5.97 Å². The number of nitrogens with zero attached hydrogens (tertiary/aromatic N) is 2. The van der Waals surface area contributed by atoms with Crippen molar-refractivity contribution >= 4 is 46.7 Å². The van der Waals surface area contributed by atoms with E-state index in [1.807, 2.05) is 0 Å². The summed E-state index contributed by atoms with van der Waals surface area (Å²) in [7, 11) is 0. The molecule has 0 atom stereocenters. The summed E-state index contributed by atoms with van der Waals surface area (Å²) in [4.78, 5) is 31.6. The van der Waals surface area contributed by atoms with Crippen molar-refractivity contribution in [2.75, 3.05) is 0 Å². The number of esters is 1. The van der Waals surface area contributed by atoms with E-state index < -0.39 is 11.6 Å². The number of fused-ring (bicyclic) bond motifs is 1. The summed E-state index contributed by atoms with van der Waals surface area (Å²) in [6.45, 7) is 13.3. The Hall–Kier alpha value is -2.31. The van der Waals surface area contributed by atoms with E-state index >= 15 is 0 Å². The van der Waals surface area contributed by atoms with Crippen molar-refractivity contribution in [2.45, 2.75) is 85.7 Å². The predicted molar refractivity (Wildman–Crippen MR) is 150 cm³/mol. The molecule has 0 bridgehead atoms. The molecule has 4 rings (SSSR count). The molecule has 2 heterocycles. The van der Waals surface area contributed by atoms with Crippen molar-refractivity contribution in [1.82, 2.24) is 4.57 Å². The van der Waals surface area contributed by atoms with Gasteiger partial charge in [0.25, 0.3) is 0 Å². The lowest BCUT2D eigenvalue weighted by Crippen LogP contribution is -2.54. The highest BCUT2D eigenvalue weighted by Gasteiger charge is 2.53. The summed E-state index contributed by atoms with van der Waals surface area (Å²) in [5.41, 5.74) is 6.51. The van der Waals surface area contributed by atoms with Gasteiger partial charge in [0.15, 0.2) is 5.82 Å². The van der Waals surface area contributed by atoms with Gasteiger partial charge in [0, 0.05) is 17.7 Å². The largest absolute Gasteiger partial charge is 0.455 e. The van der Waals surface area contributed by atoms with Crippen LogP contribution in [0, 0.1) is 16.7 Å². The van der Waals surface area contributed by atoms with Crippen molar-refractivity contribution in [1.29, 1.82) is 0 Å². The van der Waals surface area contributed by atoms with Gasteiger partial charge in [-0.25, -0.2) is 9.79 Å². The van der Waals surface area contributed by atoms with E-state index in [1.54, 1.807) is 24.4 Å². The van der Waals surface area contributed by atoms with Crippen LogP contribution in [0.5, 0.6) is 0 Å². The van der Waals surface area contributed by atoms with Gasteiger partial charge in [0.2, 0.25) is 5.91 Å². The number of benzene rings is 1. The first kappa shape index (κ1) is 27.7. The zero-order chi connectivity index (χ0) is 27.3. The molecule has 0 unspecified atom stereocenters. The SMILES string of the molecule is CC(C)(C)C(C(C)(C)C)C1(OC(=O)c2c(-c3ccc(Cl)c(Cl)c3)cn3c2N=C(N)CC3=O)CCCCC1. The molecular formula is C29H37Cl2N3O3. The Morgan fingerprint density at radius 3 is 2.24 bits per heavy atom. The number of carbonyl (C=O) groups excluding carboxylic acids is 2. The lowest BCUT2D eigenvalue weighted by Gasteiger charge is -2.54. The number of nitrogens with two attached hydrogens (primary N) is 1. The Labute approximate surface area is 229 Å². The van der Waals surface area contributed by atoms with Crippen LogP contribution in [-0.4, -0.2) is 27.9 Å². The molecule has 1 aromatic carbocycles. The molecule has 6 nitrogen and oxygen atoms in total. The summed E-state index contributed by atoms with van der Waals surface area (Å²) in [6.07, 6.45) is 6.30. The first-order valence-electron chi connectivity index (χ1n) is 12.9. The van der Waals surface area contributed by atoms with Crippen molar-refractivity contribution in [3.05, 3.63) is 40.0 Å². The third kappa shape index (κ3) is 5.33. The van der Waals surface area contributed by atoms with E-state index in [0.29, 0.717) is 21.2 Å². The molecule has 2 aliphatic rings. The number of hydrogen-bond acceptors (Lipinski definition) is 5. The zero-order valence-corrected chi connectivity index (χ0v) is 24.1. The number of halogens is 2. The fraction of sp³-hybridized carbons (Fsp3) is 0.552. The third-order valence-electron chi connectivity index (χ3n) is 7.52. The Kier molecular flexibility index (Phi) is 7.32. The Balaban J connectivity index is 1.89. The summed E-state index contributed by atoms with van der Waals surface area (Å²) < 4.78 is 8.05. The number of aliphatic imine (C=N–C) groups is 1. The maximum absolute atomic E-state index is 14.3. The van der Waals surface area contributed by atoms with Gasteiger partial charge in [0.05, 0.1) is 16.5 Å². The molecule has 1 aliphatic heterocycles. The molecule has 0 amide bonds. The van der Waals surface area contributed by atoms with Gasteiger partial charge in [-0.1, -0.05) is 77.2 Å². The van der Waals surface area contributed by atoms with Crippen LogP contribution in [0.3, 0.4) is 0 Å². The van der Waals surface area contributed by atoms with Crippen LogP contribution in [0.2, 0.25) is 10.0 Å². The predicted octanol–water partition coefficient (Wildman–Crippen LogP) is 8.06. The fourth-order valence-corrected chi connectivity index (χ4v) is 7.31. The summed E-state index contributed by atoms with van der Waals surface area (Å²) in [5, 5.41) is 0.748. The molecule has 2 N–H and O–H groups in total. The van der Waals surface area contributed by atoms with Crippen molar-refractivity contribution < 1.29 is 14.3 Å². The highest BCUT2D eigenvalue weighted by molar-refractivity contribution is 6.42. The molecule has 2 aromatic rings. The molecule has 200 valence electrons. The van der Waals surface area contributed by atoms with E-state index in [2.05, 4.69) is 46.5 Å². The van der Waals surface area contributed by atoms with Gasteiger partial charge in [-0.15, -0.1) is 0 Å². The fourth-order valence-electron chi connectivity index (χ4n) is 7.01. The van der Waals surface area contributed by atoms with Crippen molar-refractivity contribution in [3.8, 4) is 11.1 Å². The Morgan fingerprint density at radius 1 is 1.05 bits per heavy atom. The highest BCUT2D eigenvalue weighted by Crippen LogP contribution is 2.54. The molecule has 37 heavy (non-hydrogen) atoms. The second kappa shape index (κ2) is 9.77. The highest BCUT2D eigenvalue weighted by atomic mass is 35.5. The minimum atomic E-state index is -0.649. The smallest absolute Gasteiger partial charge is 0.343 e. The van der Waals surface area contributed by atoms with Crippen LogP contribution in [0.4, 0.5) is 5.82 Å². The van der Waals surface area contributed by atoms with Crippen molar-refractivity contribution in [3.63, 3.8) is 0 Å². The Bertz CT molecular complexity index is 1240. The Morgan fingerprint density at radius 2 is 1.68 bits per heavy atom. The van der Waals surface area contributed by atoms with Crippen LogP contribution < -0.4 is 5.73 Å². The first-order chi connectivity index (χ1) is 17.1. The average Bonchev–Trinajstić information content (AvgIpc) is 3.14. The molecular weight excluding hydrogens is 509 g/mol. The van der Waals surface area contributed by atoms with Gasteiger partial charge in [0.1, 0.15) is 17.0 Å². The van der Waals surface area contributed by atoms with E-state index in [1.165, 1.54) is 4.57 Å². The zero-order valence-electron chi connectivity index (χ0n) is 22.6. The summed E-state index contributed by atoms with van der Waals surface area (Å²) in [5.74, 6) is -0.286. The second-order valence-electron chi connectivity index (χ2n) is 12.6. The van der Waals surface area contributed by atoms with E-state index in [9.17, 15) is 9.59 Å². The average molecular weight is 547 g/mol. The van der Waals surface area contributed by atoms with Gasteiger partial charge < -0.3 is 10.5 Å². The monoisotopic (exact) mass is 545 g/mol. The standard InChI is InChI=1S/C29H37Cl2N3O3/c1-27(2,3)26(28(4,5)6)29(12-8-7-9-13-29)37-25(36)23-18(17-10-11-19(30)20(31)14-17)16-34-22(35)15-21(32)33-24(23)34/h10-11,14,16,26H,7-9,12-13,15H2,1-6H3,(H2,32,33). The topological polar surface area (TPSA) is 86.7 Å². The molecule has 0 saturated heterocycles. The van der Waals surface area contributed by atoms with Gasteiger partial charge in [-0.05, 0) is 54.2 Å².